The van der Waals surface area contributed by atoms with Gasteiger partial charge in [-0.05, 0) is 78.0 Å². The summed E-state index contributed by atoms with van der Waals surface area (Å²) in [5, 5.41) is 0.706. The maximum Gasteiger partial charge on any atom is 0.416 e. The molecule has 0 N–H and O–H groups in total. The van der Waals surface area contributed by atoms with Crippen LogP contribution in [0.3, 0.4) is 0 Å². The van der Waals surface area contributed by atoms with Gasteiger partial charge in [-0.25, -0.2) is 0 Å². The number of alkyl halides is 3. The third-order valence-corrected chi connectivity index (χ3v) is 10.7. The number of hydrogen-bond acceptors (Lipinski definition) is 5. The molecule has 11 heteroatoms. The third kappa shape index (κ3) is 8.82. The Morgan fingerprint density at radius 3 is 2.49 bits per heavy atom. The maximum absolute atomic E-state index is 13.9. The highest BCUT2D eigenvalue weighted by atomic mass is 35.5. The molecule has 1 saturated heterocycles. The van der Waals surface area contributed by atoms with Gasteiger partial charge in [0.2, 0.25) is 0 Å². The standard InChI is InChI=1S/C36H46ClF3N4OSSi/c1-24-18-27(20-28(19-24)36(38,39)40)34(46)44-17-16-43(15-14-42-13-11-31-26(22-42)8-7-12-41-31)23-32(44)33(45-47(5)6)25-9-10-30(37)29(21-25)35(2,3)4/h7-10,12,18-21,32-33,47H,11,13-17,22-23H2,1-6H3/t32-,33?/m1/s1. The van der Waals surface area contributed by atoms with E-state index >= 15 is 0 Å². The van der Waals surface area contributed by atoms with Gasteiger partial charge in [-0.1, -0.05) is 62.8 Å². The predicted molar refractivity (Wildman–Crippen MR) is 191 cm³/mol. The molecule has 3 aromatic rings. The molecule has 0 radical (unpaired) electrons. The van der Waals surface area contributed by atoms with Crippen molar-refractivity contribution in [2.45, 2.75) is 77.5 Å². The molecular formula is C36H46ClF3N4OSSi. The van der Waals surface area contributed by atoms with Gasteiger partial charge in [0.25, 0.3) is 0 Å². The van der Waals surface area contributed by atoms with Gasteiger partial charge in [0.1, 0.15) is 4.99 Å². The first kappa shape index (κ1) is 36.0. The van der Waals surface area contributed by atoms with E-state index in [-0.39, 0.29) is 17.6 Å². The summed E-state index contributed by atoms with van der Waals surface area (Å²) < 4.78 is 48.4. The molecule has 0 bridgehead atoms. The molecule has 2 atom stereocenters. The lowest BCUT2D eigenvalue weighted by atomic mass is 9.84. The summed E-state index contributed by atoms with van der Waals surface area (Å²) in [5.74, 6) is 0. The Balaban J connectivity index is 1.47. The topological polar surface area (TPSA) is 31.8 Å². The highest BCUT2D eigenvalue weighted by Crippen LogP contribution is 2.37. The monoisotopic (exact) mass is 702 g/mol. The van der Waals surface area contributed by atoms with Crippen molar-refractivity contribution in [2.24, 2.45) is 0 Å². The highest BCUT2D eigenvalue weighted by molar-refractivity contribution is 7.80. The summed E-state index contributed by atoms with van der Waals surface area (Å²) >= 11 is 12.8. The summed E-state index contributed by atoms with van der Waals surface area (Å²) in [4.78, 5) is 12.0. The number of hydrogen-bond donors (Lipinski definition) is 0. The fourth-order valence-corrected chi connectivity index (χ4v) is 8.37. The van der Waals surface area contributed by atoms with E-state index in [4.69, 9.17) is 28.2 Å². The zero-order chi connectivity index (χ0) is 34.1. The lowest BCUT2D eigenvalue weighted by molar-refractivity contribution is -0.137. The Hall–Kier alpha value is -2.34. The second-order valence-electron chi connectivity index (χ2n) is 14.2. The van der Waals surface area contributed by atoms with Crippen molar-refractivity contribution in [1.82, 2.24) is 19.7 Å². The predicted octanol–water partition coefficient (Wildman–Crippen LogP) is 7.82. The molecule has 47 heavy (non-hydrogen) atoms. The molecule has 0 amide bonds. The van der Waals surface area contributed by atoms with Crippen LogP contribution in [0.25, 0.3) is 0 Å². The molecule has 3 heterocycles. The number of pyridine rings is 1. The highest BCUT2D eigenvalue weighted by Gasteiger charge is 2.38. The van der Waals surface area contributed by atoms with Crippen molar-refractivity contribution in [1.29, 1.82) is 0 Å². The average molecular weight is 703 g/mol. The molecule has 1 unspecified atom stereocenters. The van der Waals surface area contributed by atoms with Crippen molar-refractivity contribution in [2.75, 3.05) is 39.3 Å². The maximum atomic E-state index is 13.9. The molecule has 5 rings (SSSR count). The second kappa shape index (κ2) is 14.6. The quantitative estimate of drug-likeness (QED) is 0.176. The molecule has 1 aromatic heterocycles. The number of aryl methyl sites for hydroxylation is 1. The lowest BCUT2D eigenvalue weighted by Crippen LogP contribution is -2.58. The van der Waals surface area contributed by atoms with Gasteiger partial charge in [0.05, 0.1) is 17.7 Å². The van der Waals surface area contributed by atoms with Crippen molar-refractivity contribution in [3.8, 4) is 0 Å². The molecule has 0 spiro atoms. The van der Waals surface area contributed by atoms with Gasteiger partial charge in [0.15, 0.2) is 9.04 Å². The normalized spacial score (nSPS) is 18.8. The zero-order valence-corrected chi connectivity index (χ0v) is 30.9. The Bertz CT molecular complexity index is 1580. The van der Waals surface area contributed by atoms with Crippen LogP contribution in [0.15, 0.2) is 54.7 Å². The Morgan fingerprint density at radius 1 is 1.04 bits per heavy atom. The molecular weight excluding hydrogens is 657 g/mol. The van der Waals surface area contributed by atoms with Gasteiger partial charge >= 0.3 is 6.18 Å². The number of halogens is 4. The number of piperazine rings is 1. The number of fused-ring (bicyclic) bond motifs is 1. The number of thiocarbonyl (C=S) groups is 1. The minimum absolute atomic E-state index is 0.182. The smallest absolute Gasteiger partial charge is 0.412 e. The molecule has 5 nitrogen and oxygen atoms in total. The Morgan fingerprint density at radius 2 is 1.79 bits per heavy atom. The van der Waals surface area contributed by atoms with E-state index < -0.39 is 20.8 Å². The fraction of sp³-hybridized carbons (Fsp3) is 0.500. The van der Waals surface area contributed by atoms with Crippen molar-refractivity contribution in [3.63, 3.8) is 0 Å². The van der Waals surface area contributed by atoms with Gasteiger partial charge in [0, 0.05) is 74.7 Å². The third-order valence-electron chi connectivity index (χ3n) is 9.09. The molecule has 1 fully saturated rings. The van der Waals surface area contributed by atoms with E-state index in [2.05, 4.69) is 65.7 Å². The van der Waals surface area contributed by atoms with E-state index in [1.807, 2.05) is 24.4 Å². The van der Waals surface area contributed by atoms with E-state index in [0.29, 0.717) is 34.2 Å². The molecule has 0 aliphatic carbocycles. The zero-order valence-electron chi connectivity index (χ0n) is 28.2. The fourth-order valence-electron chi connectivity index (χ4n) is 6.70. The average Bonchev–Trinajstić information content (AvgIpc) is 3.01. The summed E-state index contributed by atoms with van der Waals surface area (Å²) in [5.41, 5.74) is 4.60. The van der Waals surface area contributed by atoms with Crippen LogP contribution in [0.2, 0.25) is 18.1 Å². The van der Waals surface area contributed by atoms with Crippen molar-refractivity contribution < 1.29 is 17.6 Å². The summed E-state index contributed by atoms with van der Waals surface area (Å²) in [6, 6.07) is 14.2. The first-order valence-corrected chi connectivity index (χ1v) is 20.0. The summed E-state index contributed by atoms with van der Waals surface area (Å²) in [7, 11) is -1.59. The molecule has 2 aliphatic heterocycles. The minimum atomic E-state index is -4.46. The number of rotatable bonds is 8. The van der Waals surface area contributed by atoms with E-state index in [0.717, 1.165) is 50.3 Å². The number of benzene rings is 2. The first-order chi connectivity index (χ1) is 22.1. The van der Waals surface area contributed by atoms with Crippen LogP contribution >= 0.6 is 23.8 Å². The van der Waals surface area contributed by atoms with Gasteiger partial charge in [-0.2, -0.15) is 13.2 Å². The minimum Gasteiger partial charge on any atom is -0.412 e. The van der Waals surface area contributed by atoms with Crippen LogP contribution in [-0.4, -0.2) is 79.0 Å². The van der Waals surface area contributed by atoms with Gasteiger partial charge in [-0.3, -0.25) is 14.8 Å². The summed E-state index contributed by atoms with van der Waals surface area (Å²) in [6.07, 6.45) is -1.98. The van der Waals surface area contributed by atoms with Crippen LogP contribution in [0.4, 0.5) is 13.2 Å². The van der Waals surface area contributed by atoms with E-state index in [1.54, 1.807) is 13.0 Å². The largest absolute Gasteiger partial charge is 0.416 e. The van der Waals surface area contributed by atoms with Crippen LogP contribution < -0.4 is 0 Å². The summed E-state index contributed by atoms with van der Waals surface area (Å²) in [6.45, 7) is 18.0. The van der Waals surface area contributed by atoms with E-state index in [9.17, 15) is 13.2 Å². The van der Waals surface area contributed by atoms with Crippen molar-refractivity contribution in [3.05, 3.63) is 98.8 Å². The van der Waals surface area contributed by atoms with Crippen molar-refractivity contribution >= 4 is 37.8 Å². The second-order valence-corrected chi connectivity index (χ2v) is 17.3. The molecule has 254 valence electrons. The van der Waals surface area contributed by atoms with Gasteiger partial charge in [-0.15, -0.1) is 0 Å². The van der Waals surface area contributed by atoms with Crippen LogP contribution in [-0.2, 0) is 29.0 Å². The molecule has 0 saturated carbocycles. The van der Waals surface area contributed by atoms with Crippen LogP contribution in [0.1, 0.15) is 65.9 Å². The number of aromatic nitrogens is 1. The van der Waals surface area contributed by atoms with E-state index in [1.165, 1.54) is 23.4 Å². The molecule has 2 aliphatic rings. The van der Waals surface area contributed by atoms with Crippen LogP contribution in [0, 0.1) is 6.92 Å². The Kier molecular flexibility index (Phi) is 11.2. The number of nitrogens with zero attached hydrogens (tertiary/aromatic N) is 4. The SMILES string of the molecule is Cc1cc(C(=S)N2CCN(CCN3CCc4ncccc4C3)C[C@@H]2C(O[SiH](C)C)c2ccc(Cl)c(C(C)(C)C)c2)cc(C(F)(F)F)c1. The first-order valence-electron chi connectivity index (χ1n) is 16.4. The Labute approximate surface area is 289 Å². The molecule has 2 aromatic carbocycles. The lowest BCUT2D eigenvalue weighted by Gasteiger charge is -2.47. The van der Waals surface area contributed by atoms with Gasteiger partial charge < -0.3 is 9.33 Å². The van der Waals surface area contributed by atoms with Crippen LogP contribution in [0.5, 0.6) is 0 Å².